The average Bonchev–Trinajstić information content (AvgIpc) is 2.47. The highest BCUT2D eigenvalue weighted by Gasteiger charge is 2.41. The summed E-state index contributed by atoms with van der Waals surface area (Å²) in [7, 11) is 0. The number of carbonyl (C=O) groups is 1. The molecule has 0 bridgehead atoms. The SMILES string of the molecule is CC(C)C(=O)C(O)(c1ccccc1)c1ccccn1. The number of ketones is 1. The highest BCUT2D eigenvalue weighted by molar-refractivity contribution is 5.92. The van der Waals surface area contributed by atoms with Crippen molar-refractivity contribution in [2.24, 2.45) is 5.92 Å². The van der Waals surface area contributed by atoms with Crippen LogP contribution in [0.15, 0.2) is 54.7 Å². The van der Waals surface area contributed by atoms with Crippen LogP contribution in [0, 0.1) is 5.92 Å². The molecular weight excluding hydrogens is 238 g/mol. The molecule has 0 aliphatic rings. The van der Waals surface area contributed by atoms with Crippen LogP contribution in [0.3, 0.4) is 0 Å². The molecule has 1 atom stereocenters. The molecule has 0 radical (unpaired) electrons. The lowest BCUT2D eigenvalue weighted by molar-refractivity contribution is -0.137. The van der Waals surface area contributed by atoms with Gasteiger partial charge in [-0.1, -0.05) is 50.2 Å². The third-order valence-electron chi connectivity index (χ3n) is 3.11. The maximum absolute atomic E-state index is 12.5. The standard InChI is InChI=1S/C16H17NO2/c1-12(2)15(18)16(19,13-8-4-3-5-9-13)14-10-6-7-11-17-14/h3-12,19H,1-2H3. The topological polar surface area (TPSA) is 50.2 Å². The lowest BCUT2D eigenvalue weighted by Gasteiger charge is -2.28. The summed E-state index contributed by atoms with van der Waals surface area (Å²) < 4.78 is 0. The third kappa shape index (κ3) is 2.42. The Bertz CT molecular complexity index is 510. The first-order valence-electron chi connectivity index (χ1n) is 6.30. The Balaban J connectivity index is 2.61. The van der Waals surface area contributed by atoms with Gasteiger partial charge in [0.25, 0.3) is 0 Å². The Morgan fingerprint density at radius 1 is 1.11 bits per heavy atom. The van der Waals surface area contributed by atoms with E-state index in [0.717, 1.165) is 0 Å². The zero-order valence-electron chi connectivity index (χ0n) is 11.1. The van der Waals surface area contributed by atoms with Crippen molar-refractivity contribution in [3.63, 3.8) is 0 Å². The first kappa shape index (κ1) is 13.4. The molecule has 1 heterocycles. The first-order valence-corrected chi connectivity index (χ1v) is 6.30. The molecule has 1 aromatic carbocycles. The lowest BCUT2D eigenvalue weighted by Crippen LogP contribution is -2.40. The maximum Gasteiger partial charge on any atom is 0.190 e. The molecular formula is C16H17NO2. The van der Waals surface area contributed by atoms with E-state index in [0.29, 0.717) is 11.3 Å². The highest BCUT2D eigenvalue weighted by Crippen LogP contribution is 2.31. The molecule has 0 saturated carbocycles. The number of pyridine rings is 1. The Kier molecular flexibility index (Phi) is 3.76. The number of aliphatic hydroxyl groups is 1. The minimum atomic E-state index is -1.68. The van der Waals surface area contributed by atoms with Crippen molar-refractivity contribution in [1.29, 1.82) is 0 Å². The fourth-order valence-corrected chi connectivity index (χ4v) is 2.09. The summed E-state index contributed by atoms with van der Waals surface area (Å²) in [5.41, 5.74) is -0.774. The van der Waals surface area contributed by atoms with Gasteiger partial charge in [0.15, 0.2) is 11.4 Å². The summed E-state index contributed by atoms with van der Waals surface area (Å²) in [5.74, 6) is -0.537. The number of benzene rings is 1. The van der Waals surface area contributed by atoms with Gasteiger partial charge < -0.3 is 5.11 Å². The summed E-state index contributed by atoms with van der Waals surface area (Å²) in [6, 6.07) is 14.1. The average molecular weight is 255 g/mol. The predicted octanol–water partition coefficient (Wildman–Crippen LogP) is 2.54. The van der Waals surface area contributed by atoms with Gasteiger partial charge in [0, 0.05) is 12.1 Å². The number of nitrogens with zero attached hydrogens (tertiary/aromatic N) is 1. The van der Waals surface area contributed by atoms with E-state index >= 15 is 0 Å². The maximum atomic E-state index is 12.5. The minimum absolute atomic E-state index is 0.252. The normalized spacial score (nSPS) is 14.1. The molecule has 3 heteroatoms. The van der Waals surface area contributed by atoms with E-state index in [9.17, 15) is 9.90 Å². The van der Waals surface area contributed by atoms with Crippen LogP contribution in [0.1, 0.15) is 25.1 Å². The van der Waals surface area contributed by atoms with Gasteiger partial charge in [-0.25, -0.2) is 0 Å². The monoisotopic (exact) mass is 255 g/mol. The second-order valence-corrected chi connectivity index (χ2v) is 4.81. The molecule has 2 rings (SSSR count). The molecule has 0 saturated heterocycles. The number of carbonyl (C=O) groups excluding carboxylic acids is 1. The van der Waals surface area contributed by atoms with Crippen molar-refractivity contribution in [3.8, 4) is 0 Å². The summed E-state index contributed by atoms with van der Waals surface area (Å²) in [5, 5.41) is 11.0. The Hall–Kier alpha value is -2.00. The smallest absolute Gasteiger partial charge is 0.190 e. The van der Waals surface area contributed by atoms with Crippen molar-refractivity contribution in [2.45, 2.75) is 19.4 Å². The number of hydrogen-bond acceptors (Lipinski definition) is 3. The summed E-state index contributed by atoms with van der Waals surface area (Å²) in [6.45, 7) is 3.55. The molecule has 3 nitrogen and oxygen atoms in total. The van der Waals surface area contributed by atoms with Crippen molar-refractivity contribution < 1.29 is 9.90 Å². The van der Waals surface area contributed by atoms with E-state index in [1.165, 1.54) is 0 Å². The van der Waals surface area contributed by atoms with E-state index in [2.05, 4.69) is 4.98 Å². The van der Waals surface area contributed by atoms with Crippen LogP contribution in [0.5, 0.6) is 0 Å². The van der Waals surface area contributed by atoms with Crippen LogP contribution in [-0.4, -0.2) is 15.9 Å². The molecule has 0 aliphatic heterocycles. The van der Waals surface area contributed by atoms with E-state index in [-0.39, 0.29) is 11.7 Å². The molecule has 98 valence electrons. The number of Topliss-reactive ketones (excluding diaryl/α,β-unsaturated/α-hetero) is 1. The van der Waals surface area contributed by atoms with Crippen molar-refractivity contribution >= 4 is 5.78 Å². The zero-order valence-corrected chi connectivity index (χ0v) is 11.1. The fraction of sp³-hybridized carbons (Fsp3) is 0.250. The quantitative estimate of drug-likeness (QED) is 0.913. The Morgan fingerprint density at radius 2 is 1.74 bits per heavy atom. The Labute approximate surface area is 112 Å². The van der Waals surface area contributed by atoms with E-state index in [1.807, 2.05) is 6.07 Å². The lowest BCUT2D eigenvalue weighted by atomic mass is 9.81. The largest absolute Gasteiger partial charge is 0.372 e. The van der Waals surface area contributed by atoms with Crippen LogP contribution in [-0.2, 0) is 10.4 Å². The molecule has 1 aromatic heterocycles. The van der Waals surface area contributed by atoms with Crippen LogP contribution in [0.4, 0.5) is 0 Å². The predicted molar refractivity (Wildman–Crippen MR) is 73.5 cm³/mol. The molecule has 0 spiro atoms. The zero-order chi connectivity index (χ0) is 13.9. The van der Waals surface area contributed by atoms with E-state index < -0.39 is 5.60 Å². The van der Waals surface area contributed by atoms with E-state index in [4.69, 9.17) is 0 Å². The van der Waals surface area contributed by atoms with Crippen LogP contribution in [0.2, 0.25) is 0 Å². The van der Waals surface area contributed by atoms with Crippen LogP contribution < -0.4 is 0 Å². The summed E-state index contributed by atoms with van der Waals surface area (Å²) >= 11 is 0. The van der Waals surface area contributed by atoms with Gasteiger partial charge in [0.2, 0.25) is 0 Å². The minimum Gasteiger partial charge on any atom is -0.372 e. The van der Waals surface area contributed by atoms with Crippen LogP contribution >= 0.6 is 0 Å². The molecule has 2 aromatic rings. The fourth-order valence-electron chi connectivity index (χ4n) is 2.09. The third-order valence-corrected chi connectivity index (χ3v) is 3.11. The summed E-state index contributed by atoms with van der Waals surface area (Å²) in [4.78, 5) is 16.6. The molecule has 1 N–H and O–H groups in total. The van der Waals surface area contributed by atoms with Gasteiger partial charge in [-0.05, 0) is 17.7 Å². The van der Waals surface area contributed by atoms with Gasteiger partial charge in [-0.2, -0.15) is 0 Å². The second kappa shape index (κ2) is 5.33. The van der Waals surface area contributed by atoms with Crippen molar-refractivity contribution in [3.05, 3.63) is 66.0 Å². The molecule has 19 heavy (non-hydrogen) atoms. The highest BCUT2D eigenvalue weighted by atomic mass is 16.3. The second-order valence-electron chi connectivity index (χ2n) is 4.81. The van der Waals surface area contributed by atoms with Crippen LogP contribution in [0.25, 0.3) is 0 Å². The Morgan fingerprint density at radius 3 is 2.26 bits per heavy atom. The number of aromatic nitrogens is 1. The van der Waals surface area contributed by atoms with Gasteiger partial charge in [0.1, 0.15) is 0 Å². The molecule has 0 amide bonds. The van der Waals surface area contributed by atoms with Crippen molar-refractivity contribution in [1.82, 2.24) is 4.98 Å². The summed E-state index contributed by atoms with van der Waals surface area (Å²) in [6.07, 6.45) is 1.58. The van der Waals surface area contributed by atoms with Gasteiger partial charge in [-0.3, -0.25) is 9.78 Å². The molecule has 0 aliphatic carbocycles. The van der Waals surface area contributed by atoms with Crippen molar-refractivity contribution in [2.75, 3.05) is 0 Å². The molecule has 0 fully saturated rings. The van der Waals surface area contributed by atoms with Gasteiger partial charge >= 0.3 is 0 Å². The van der Waals surface area contributed by atoms with E-state index in [1.54, 1.807) is 62.5 Å². The number of hydrogen-bond donors (Lipinski definition) is 1. The number of rotatable bonds is 4. The molecule has 1 unspecified atom stereocenters. The van der Waals surface area contributed by atoms with Gasteiger partial charge in [0.05, 0.1) is 5.69 Å². The first-order chi connectivity index (χ1) is 9.06. The van der Waals surface area contributed by atoms with Gasteiger partial charge in [-0.15, -0.1) is 0 Å².